The van der Waals surface area contributed by atoms with Gasteiger partial charge in [-0.1, -0.05) is 23.4 Å². The molecule has 1 aromatic heterocycles. The minimum absolute atomic E-state index is 0.778. The highest BCUT2D eigenvalue weighted by atomic mass is 16.4. The molecular weight excluding hydrogens is 188 g/mol. The van der Waals surface area contributed by atoms with Gasteiger partial charge in [0.05, 0.1) is 5.69 Å². The van der Waals surface area contributed by atoms with Crippen LogP contribution in [0.25, 0.3) is 10.9 Å². The third-order valence-corrected chi connectivity index (χ3v) is 3.17. The lowest BCUT2D eigenvalue weighted by Gasteiger charge is -1.96. The Morgan fingerprint density at radius 2 is 2.20 bits per heavy atom. The Morgan fingerprint density at radius 3 is 3.00 bits per heavy atom. The predicted molar refractivity (Wildman–Crippen MR) is 59.7 cm³/mol. The number of nitrogens with zero attached hydrogens (tertiary/aromatic N) is 1. The van der Waals surface area contributed by atoms with Crippen molar-refractivity contribution >= 4 is 16.6 Å². The van der Waals surface area contributed by atoms with Gasteiger partial charge < -0.3 is 10.2 Å². The molecule has 3 rings (SSSR count). The highest BCUT2D eigenvalue weighted by Gasteiger charge is 2.23. The van der Waals surface area contributed by atoms with E-state index in [-0.39, 0.29) is 0 Å². The van der Waals surface area contributed by atoms with E-state index >= 15 is 0 Å². The van der Waals surface area contributed by atoms with Gasteiger partial charge in [-0.05, 0) is 30.9 Å². The van der Waals surface area contributed by atoms with E-state index in [2.05, 4.69) is 35.3 Å². The maximum atomic E-state index is 8.88. The summed E-state index contributed by atoms with van der Waals surface area (Å²) in [5, 5.41) is 13.5. The molecule has 1 aliphatic rings. The van der Waals surface area contributed by atoms with Gasteiger partial charge in [-0.25, -0.2) is 0 Å². The zero-order chi connectivity index (χ0) is 10.4. The summed E-state index contributed by atoms with van der Waals surface area (Å²) in [6.45, 7) is 2.09. The highest BCUT2D eigenvalue weighted by Crippen LogP contribution is 2.31. The Labute approximate surface area is 87.4 Å². The van der Waals surface area contributed by atoms with Gasteiger partial charge in [0.15, 0.2) is 0 Å². The summed E-state index contributed by atoms with van der Waals surface area (Å²) in [5.74, 6) is 0. The van der Waals surface area contributed by atoms with Gasteiger partial charge in [0.1, 0.15) is 5.71 Å². The van der Waals surface area contributed by atoms with E-state index < -0.39 is 0 Å². The third-order valence-electron chi connectivity index (χ3n) is 3.17. The first-order chi connectivity index (χ1) is 7.31. The number of benzene rings is 1. The molecule has 0 aliphatic heterocycles. The van der Waals surface area contributed by atoms with Crippen LogP contribution in [0.3, 0.4) is 0 Å². The number of hydrogen-bond acceptors (Lipinski definition) is 2. The van der Waals surface area contributed by atoms with Crippen molar-refractivity contribution < 1.29 is 5.21 Å². The van der Waals surface area contributed by atoms with Crippen molar-refractivity contribution in [3.05, 3.63) is 35.0 Å². The van der Waals surface area contributed by atoms with Crippen molar-refractivity contribution in [2.24, 2.45) is 5.16 Å². The van der Waals surface area contributed by atoms with Gasteiger partial charge >= 0.3 is 0 Å². The van der Waals surface area contributed by atoms with Crippen LogP contribution in [0.5, 0.6) is 0 Å². The van der Waals surface area contributed by atoms with Crippen LogP contribution in [0.2, 0.25) is 0 Å². The summed E-state index contributed by atoms with van der Waals surface area (Å²) >= 11 is 0. The number of aryl methyl sites for hydroxylation is 2. The average molecular weight is 200 g/mol. The van der Waals surface area contributed by atoms with Gasteiger partial charge in [0.2, 0.25) is 0 Å². The Morgan fingerprint density at radius 1 is 1.33 bits per heavy atom. The van der Waals surface area contributed by atoms with E-state index in [0.29, 0.717) is 0 Å². The van der Waals surface area contributed by atoms with Gasteiger partial charge in [-0.3, -0.25) is 0 Å². The molecule has 0 bridgehead atoms. The van der Waals surface area contributed by atoms with Crippen LogP contribution < -0.4 is 0 Å². The molecule has 0 saturated heterocycles. The Kier molecular flexibility index (Phi) is 1.63. The van der Waals surface area contributed by atoms with E-state index in [9.17, 15) is 0 Å². The lowest BCUT2D eigenvalue weighted by atomic mass is 10.1. The normalized spacial score (nSPS) is 17.5. The number of oxime groups is 1. The largest absolute Gasteiger partial charge is 0.411 e. The van der Waals surface area contributed by atoms with Crippen molar-refractivity contribution in [1.82, 2.24) is 4.98 Å². The summed E-state index contributed by atoms with van der Waals surface area (Å²) in [4.78, 5) is 3.35. The Balaban J connectivity index is 2.39. The molecule has 0 unspecified atom stereocenters. The van der Waals surface area contributed by atoms with E-state index in [4.69, 9.17) is 5.21 Å². The average Bonchev–Trinajstić information content (AvgIpc) is 2.77. The molecule has 0 spiro atoms. The molecule has 3 nitrogen and oxygen atoms in total. The van der Waals surface area contributed by atoms with Crippen molar-refractivity contribution in [3.8, 4) is 0 Å². The second-order valence-electron chi connectivity index (χ2n) is 4.02. The maximum Gasteiger partial charge on any atom is 0.104 e. The number of aromatic amines is 1. The highest BCUT2D eigenvalue weighted by molar-refractivity contribution is 6.08. The third kappa shape index (κ3) is 1.03. The second-order valence-corrected chi connectivity index (χ2v) is 4.02. The van der Waals surface area contributed by atoms with Crippen molar-refractivity contribution in [3.63, 3.8) is 0 Å². The van der Waals surface area contributed by atoms with E-state index in [1.165, 1.54) is 22.0 Å². The molecule has 0 atom stereocenters. The first-order valence-corrected chi connectivity index (χ1v) is 5.12. The molecule has 0 fully saturated rings. The topological polar surface area (TPSA) is 48.4 Å². The lowest BCUT2D eigenvalue weighted by Crippen LogP contribution is -1.94. The SMILES string of the molecule is Cc1cccc2c3c([nH]c12)/C(=N/O)CC3. The molecule has 2 N–H and O–H groups in total. The van der Waals surface area contributed by atoms with Crippen LogP contribution in [-0.4, -0.2) is 15.9 Å². The van der Waals surface area contributed by atoms with E-state index in [1.54, 1.807) is 0 Å². The van der Waals surface area contributed by atoms with Gasteiger partial charge in [-0.2, -0.15) is 0 Å². The molecular formula is C12H12N2O. The summed E-state index contributed by atoms with van der Waals surface area (Å²) in [5.41, 5.74) is 5.49. The summed E-state index contributed by atoms with van der Waals surface area (Å²) < 4.78 is 0. The number of fused-ring (bicyclic) bond motifs is 3. The number of hydrogen-bond donors (Lipinski definition) is 2. The van der Waals surface area contributed by atoms with Crippen LogP contribution in [-0.2, 0) is 6.42 Å². The number of nitrogens with one attached hydrogen (secondary N) is 1. The Hall–Kier alpha value is -1.77. The quantitative estimate of drug-likeness (QED) is 0.498. The molecule has 15 heavy (non-hydrogen) atoms. The molecule has 1 heterocycles. The van der Waals surface area contributed by atoms with Crippen molar-refractivity contribution in [2.75, 3.05) is 0 Å². The van der Waals surface area contributed by atoms with Crippen LogP contribution in [0.15, 0.2) is 23.4 Å². The second kappa shape index (κ2) is 2.86. The summed E-state index contributed by atoms with van der Waals surface area (Å²) in [6.07, 6.45) is 1.81. The molecule has 76 valence electrons. The van der Waals surface area contributed by atoms with Crippen LogP contribution in [0.4, 0.5) is 0 Å². The molecule has 2 aromatic rings. The fourth-order valence-corrected chi connectivity index (χ4v) is 2.39. The fourth-order valence-electron chi connectivity index (χ4n) is 2.39. The molecule has 1 aromatic carbocycles. The van der Waals surface area contributed by atoms with Crippen molar-refractivity contribution in [1.29, 1.82) is 0 Å². The van der Waals surface area contributed by atoms with Crippen LogP contribution >= 0.6 is 0 Å². The minimum atomic E-state index is 0.778. The smallest absolute Gasteiger partial charge is 0.104 e. The first-order valence-electron chi connectivity index (χ1n) is 5.12. The van der Waals surface area contributed by atoms with Gasteiger partial charge in [-0.15, -0.1) is 0 Å². The Bertz CT molecular complexity index is 566. The fraction of sp³-hybridized carbons (Fsp3) is 0.250. The molecule has 0 amide bonds. The number of aromatic nitrogens is 1. The molecule has 3 heteroatoms. The van der Waals surface area contributed by atoms with Crippen LogP contribution in [0, 0.1) is 6.92 Å². The van der Waals surface area contributed by atoms with Gasteiger partial charge in [0, 0.05) is 10.9 Å². The van der Waals surface area contributed by atoms with Gasteiger partial charge in [0.25, 0.3) is 0 Å². The molecule has 0 radical (unpaired) electrons. The zero-order valence-electron chi connectivity index (χ0n) is 8.54. The minimum Gasteiger partial charge on any atom is -0.411 e. The predicted octanol–water partition coefficient (Wildman–Crippen LogP) is 2.60. The number of para-hydroxylation sites is 1. The van der Waals surface area contributed by atoms with E-state index in [1.807, 2.05) is 0 Å². The van der Waals surface area contributed by atoms with Crippen molar-refractivity contribution in [2.45, 2.75) is 19.8 Å². The molecule has 0 saturated carbocycles. The number of H-pyrrole nitrogens is 1. The van der Waals surface area contributed by atoms with Crippen LogP contribution in [0.1, 0.15) is 23.2 Å². The monoisotopic (exact) mass is 200 g/mol. The summed E-state index contributed by atoms with van der Waals surface area (Å²) in [6, 6.07) is 6.28. The molecule has 1 aliphatic carbocycles. The first kappa shape index (κ1) is 8.53. The number of rotatable bonds is 0. The summed E-state index contributed by atoms with van der Waals surface area (Å²) in [7, 11) is 0. The standard InChI is InChI=1S/C12H12N2O/c1-7-3-2-4-8-9-5-6-10(14-15)12(9)13-11(7)8/h2-4,13,15H,5-6H2,1H3/b14-10+. The lowest BCUT2D eigenvalue weighted by molar-refractivity contribution is 0.318. The zero-order valence-corrected chi connectivity index (χ0v) is 8.54. The maximum absolute atomic E-state index is 8.88. The van der Waals surface area contributed by atoms with E-state index in [0.717, 1.165) is 24.2 Å².